The van der Waals surface area contributed by atoms with Gasteiger partial charge in [-0.15, -0.1) is 0 Å². The summed E-state index contributed by atoms with van der Waals surface area (Å²) in [6, 6.07) is 14.4. The molecule has 1 heterocycles. The Hall–Kier alpha value is -2.81. The van der Waals surface area contributed by atoms with Gasteiger partial charge in [-0.1, -0.05) is 36.9 Å². The largest absolute Gasteiger partial charge is 0.497 e. The predicted molar refractivity (Wildman–Crippen MR) is 94.5 cm³/mol. The number of aryl methyl sites for hydroxylation is 2. The Labute approximate surface area is 136 Å². The molecule has 0 N–H and O–H groups in total. The van der Waals surface area contributed by atoms with Crippen LogP contribution in [0.4, 0.5) is 0 Å². The van der Waals surface area contributed by atoms with E-state index in [4.69, 9.17) is 4.74 Å². The third kappa shape index (κ3) is 2.90. The molecule has 0 atom stereocenters. The molecule has 23 heavy (non-hydrogen) atoms. The Morgan fingerprint density at radius 2 is 1.74 bits per heavy atom. The van der Waals surface area contributed by atoms with Gasteiger partial charge in [-0.05, 0) is 37.1 Å². The van der Waals surface area contributed by atoms with Gasteiger partial charge in [-0.25, -0.2) is 4.98 Å². The number of aromatic nitrogens is 2. The third-order valence-corrected chi connectivity index (χ3v) is 3.99. The number of benzene rings is 2. The Balaban J connectivity index is 2.00. The van der Waals surface area contributed by atoms with Crippen molar-refractivity contribution in [2.75, 3.05) is 7.11 Å². The zero-order valence-corrected chi connectivity index (χ0v) is 13.7. The lowest BCUT2D eigenvalue weighted by Gasteiger charge is -2.14. The minimum absolute atomic E-state index is 0.696. The molecule has 3 rings (SSSR count). The van der Waals surface area contributed by atoms with E-state index >= 15 is 0 Å². The van der Waals surface area contributed by atoms with Crippen molar-refractivity contribution in [3.05, 3.63) is 78.3 Å². The summed E-state index contributed by atoms with van der Waals surface area (Å²) in [6.07, 6.45) is 3.90. The van der Waals surface area contributed by atoms with Crippen LogP contribution < -0.4 is 0 Å². The van der Waals surface area contributed by atoms with Crippen molar-refractivity contribution in [1.29, 1.82) is 0 Å². The van der Waals surface area contributed by atoms with Crippen LogP contribution in [0.3, 0.4) is 0 Å². The fourth-order valence-electron chi connectivity index (χ4n) is 2.85. The summed E-state index contributed by atoms with van der Waals surface area (Å²) < 4.78 is 7.34. The molecule has 0 saturated carbocycles. The van der Waals surface area contributed by atoms with Crippen molar-refractivity contribution in [3.63, 3.8) is 0 Å². The molecule has 3 heteroatoms. The predicted octanol–water partition coefficient (Wildman–Crippen LogP) is 4.77. The van der Waals surface area contributed by atoms with Crippen LogP contribution >= 0.6 is 0 Å². The third-order valence-electron chi connectivity index (χ3n) is 3.99. The van der Waals surface area contributed by atoms with Crippen molar-refractivity contribution in [3.8, 4) is 16.9 Å². The van der Waals surface area contributed by atoms with Gasteiger partial charge in [0.05, 0.1) is 19.1 Å². The van der Waals surface area contributed by atoms with E-state index in [1.807, 2.05) is 35.3 Å². The molecular weight excluding hydrogens is 284 g/mol. The van der Waals surface area contributed by atoms with Crippen LogP contribution in [0, 0.1) is 13.8 Å². The maximum Gasteiger partial charge on any atom is 0.119 e. The van der Waals surface area contributed by atoms with Gasteiger partial charge < -0.3 is 9.30 Å². The molecule has 0 aliphatic rings. The maximum atomic E-state index is 5.29. The summed E-state index contributed by atoms with van der Waals surface area (Å²) in [5, 5.41) is 0. The first kappa shape index (κ1) is 15.1. The second-order valence-electron chi connectivity index (χ2n) is 5.61. The highest BCUT2D eigenvalue weighted by Gasteiger charge is 2.10. The lowest BCUT2D eigenvalue weighted by Crippen LogP contribution is -1.98. The molecule has 0 fully saturated rings. The van der Waals surface area contributed by atoms with Gasteiger partial charge in [-0.3, -0.25) is 0 Å². The van der Waals surface area contributed by atoms with E-state index in [-0.39, 0.29) is 0 Å². The Morgan fingerprint density at radius 3 is 2.35 bits per heavy atom. The fraction of sp³-hybridized carbons (Fsp3) is 0.150. The van der Waals surface area contributed by atoms with E-state index in [2.05, 4.69) is 49.7 Å². The van der Waals surface area contributed by atoms with Crippen molar-refractivity contribution in [1.82, 2.24) is 9.55 Å². The smallest absolute Gasteiger partial charge is 0.119 e. The van der Waals surface area contributed by atoms with Gasteiger partial charge in [0.25, 0.3) is 0 Å². The van der Waals surface area contributed by atoms with Crippen LogP contribution in [-0.2, 0) is 4.74 Å². The molecule has 0 unspecified atom stereocenters. The van der Waals surface area contributed by atoms with E-state index in [9.17, 15) is 0 Å². The molecule has 0 amide bonds. The van der Waals surface area contributed by atoms with Crippen LogP contribution in [-0.4, -0.2) is 16.7 Å². The van der Waals surface area contributed by atoms with E-state index in [0.29, 0.717) is 5.76 Å². The standard InChI is InChI=1S/C20H20N2O/c1-14-10-18(11-15(2)20(14)16(3)23-4)22-12-19(21-13-22)17-8-6-5-7-9-17/h5-13H,3H2,1-2,4H3. The molecule has 0 aliphatic heterocycles. The summed E-state index contributed by atoms with van der Waals surface area (Å²) in [6.45, 7) is 8.12. The summed E-state index contributed by atoms with van der Waals surface area (Å²) in [7, 11) is 1.65. The van der Waals surface area contributed by atoms with E-state index in [1.54, 1.807) is 7.11 Å². The SMILES string of the molecule is C=C(OC)c1c(C)cc(-n2cnc(-c3ccccc3)c2)cc1C. The summed E-state index contributed by atoms with van der Waals surface area (Å²) >= 11 is 0. The quantitative estimate of drug-likeness (QED) is 0.649. The van der Waals surface area contributed by atoms with Crippen LogP contribution in [0.25, 0.3) is 22.7 Å². The molecule has 0 saturated heterocycles. The average molecular weight is 304 g/mol. The summed E-state index contributed by atoms with van der Waals surface area (Å²) in [5.74, 6) is 0.696. The highest BCUT2D eigenvalue weighted by Crippen LogP contribution is 2.26. The highest BCUT2D eigenvalue weighted by molar-refractivity contribution is 5.66. The Bertz CT molecular complexity index is 824. The highest BCUT2D eigenvalue weighted by atomic mass is 16.5. The van der Waals surface area contributed by atoms with Gasteiger partial charge in [0.15, 0.2) is 0 Å². The minimum Gasteiger partial charge on any atom is -0.497 e. The lowest BCUT2D eigenvalue weighted by atomic mass is 10.0. The minimum atomic E-state index is 0.696. The topological polar surface area (TPSA) is 27.1 Å². The molecule has 0 spiro atoms. The first-order valence-electron chi connectivity index (χ1n) is 7.54. The zero-order chi connectivity index (χ0) is 16.4. The molecule has 0 bridgehead atoms. The molecule has 1 aromatic heterocycles. The number of nitrogens with zero attached hydrogens (tertiary/aromatic N) is 2. The van der Waals surface area contributed by atoms with Gasteiger partial charge in [0.2, 0.25) is 0 Å². The van der Waals surface area contributed by atoms with Crippen LogP contribution in [0.1, 0.15) is 16.7 Å². The second kappa shape index (κ2) is 6.13. The lowest BCUT2D eigenvalue weighted by molar-refractivity contribution is 0.371. The van der Waals surface area contributed by atoms with Gasteiger partial charge >= 0.3 is 0 Å². The van der Waals surface area contributed by atoms with E-state index in [0.717, 1.165) is 33.6 Å². The monoisotopic (exact) mass is 304 g/mol. The van der Waals surface area contributed by atoms with Gasteiger partial charge in [0, 0.05) is 23.0 Å². The number of methoxy groups -OCH3 is 1. The van der Waals surface area contributed by atoms with E-state index in [1.165, 1.54) is 0 Å². The normalized spacial score (nSPS) is 10.6. The Kier molecular flexibility index (Phi) is 4.02. The van der Waals surface area contributed by atoms with Gasteiger partial charge in [-0.2, -0.15) is 0 Å². The maximum absolute atomic E-state index is 5.29. The van der Waals surface area contributed by atoms with Crippen molar-refractivity contribution < 1.29 is 4.74 Å². The zero-order valence-electron chi connectivity index (χ0n) is 13.7. The van der Waals surface area contributed by atoms with Crippen molar-refractivity contribution in [2.24, 2.45) is 0 Å². The van der Waals surface area contributed by atoms with E-state index < -0.39 is 0 Å². The summed E-state index contributed by atoms with van der Waals surface area (Å²) in [5.41, 5.74) is 6.51. The summed E-state index contributed by atoms with van der Waals surface area (Å²) in [4.78, 5) is 4.52. The number of ether oxygens (including phenoxy) is 1. The number of rotatable bonds is 4. The Morgan fingerprint density at radius 1 is 1.09 bits per heavy atom. The van der Waals surface area contributed by atoms with Crippen LogP contribution in [0.5, 0.6) is 0 Å². The average Bonchev–Trinajstić information content (AvgIpc) is 3.04. The molecule has 0 radical (unpaired) electrons. The fourth-order valence-corrected chi connectivity index (χ4v) is 2.85. The first-order valence-corrected chi connectivity index (χ1v) is 7.54. The second-order valence-corrected chi connectivity index (χ2v) is 5.61. The molecule has 0 aliphatic carbocycles. The number of imidazole rings is 1. The number of hydrogen-bond acceptors (Lipinski definition) is 2. The molecule has 116 valence electrons. The molecule has 2 aromatic carbocycles. The van der Waals surface area contributed by atoms with Gasteiger partial charge in [0.1, 0.15) is 5.76 Å². The van der Waals surface area contributed by atoms with Crippen LogP contribution in [0.2, 0.25) is 0 Å². The molecule has 3 nitrogen and oxygen atoms in total. The number of hydrogen-bond donors (Lipinski definition) is 0. The van der Waals surface area contributed by atoms with Crippen LogP contribution in [0.15, 0.2) is 61.6 Å². The molecular formula is C20H20N2O. The van der Waals surface area contributed by atoms with Crippen molar-refractivity contribution in [2.45, 2.75) is 13.8 Å². The molecule has 3 aromatic rings. The van der Waals surface area contributed by atoms with Crippen molar-refractivity contribution >= 4 is 5.76 Å². The first-order chi connectivity index (χ1) is 11.1.